The van der Waals surface area contributed by atoms with Gasteiger partial charge in [-0.3, -0.25) is 4.98 Å². The zero-order valence-electron chi connectivity index (χ0n) is 14.7. The van der Waals surface area contributed by atoms with E-state index in [0.717, 1.165) is 5.57 Å². The van der Waals surface area contributed by atoms with Crippen molar-refractivity contribution >= 4 is 18.1 Å². The molecule has 3 N–H and O–H groups in total. The highest BCUT2D eigenvalue weighted by Crippen LogP contribution is 2.36. The van der Waals surface area contributed by atoms with E-state index in [1.807, 2.05) is 6.92 Å². The Hall–Kier alpha value is -3.28. The second-order valence-electron chi connectivity index (χ2n) is 5.87. The lowest BCUT2D eigenvalue weighted by Gasteiger charge is -2.15. The monoisotopic (exact) mass is 355 g/mol. The van der Waals surface area contributed by atoms with Crippen LogP contribution in [0.3, 0.4) is 0 Å². The van der Waals surface area contributed by atoms with Crippen molar-refractivity contribution in [2.75, 3.05) is 7.11 Å². The number of rotatable bonds is 7. The van der Waals surface area contributed by atoms with Gasteiger partial charge in [-0.1, -0.05) is 11.6 Å². The molecule has 0 amide bonds. The molecule has 2 rings (SSSR count). The van der Waals surface area contributed by atoms with Crippen LogP contribution in [0.5, 0.6) is 17.2 Å². The maximum atomic E-state index is 11.7. The molecule has 136 valence electrons. The topological polar surface area (TPSA) is 99.9 Å². The van der Waals surface area contributed by atoms with Crippen LogP contribution >= 0.6 is 0 Å². The summed E-state index contributed by atoms with van der Waals surface area (Å²) in [6, 6.07) is 4.61. The first-order chi connectivity index (χ1) is 12.3. The zero-order valence-corrected chi connectivity index (χ0v) is 14.7. The Morgan fingerprint density at radius 2 is 2.08 bits per heavy atom. The predicted octanol–water partition coefficient (Wildman–Crippen LogP) is 3.88. The first-order valence-corrected chi connectivity index (χ1v) is 7.97. The molecule has 26 heavy (non-hydrogen) atoms. The lowest BCUT2D eigenvalue weighted by Crippen LogP contribution is -2.05. The van der Waals surface area contributed by atoms with E-state index in [4.69, 9.17) is 4.74 Å². The highest BCUT2D eigenvalue weighted by Gasteiger charge is 2.21. The van der Waals surface area contributed by atoms with Crippen molar-refractivity contribution in [2.45, 2.75) is 19.8 Å². The van der Waals surface area contributed by atoms with E-state index in [2.05, 4.69) is 11.6 Å². The third-order valence-corrected chi connectivity index (χ3v) is 3.87. The van der Waals surface area contributed by atoms with Crippen molar-refractivity contribution in [1.82, 2.24) is 4.98 Å². The van der Waals surface area contributed by atoms with Crippen LogP contribution in [0.2, 0.25) is 0 Å². The quantitative estimate of drug-likeness (QED) is 0.652. The largest absolute Gasteiger partial charge is 0.507 e. The normalized spacial score (nSPS) is 10.8. The third kappa shape index (κ3) is 4.22. The van der Waals surface area contributed by atoms with Gasteiger partial charge in [-0.2, -0.15) is 0 Å². The van der Waals surface area contributed by atoms with Crippen molar-refractivity contribution in [3.05, 3.63) is 58.9 Å². The number of aromatic carboxylic acids is 1. The smallest absolute Gasteiger partial charge is 0.340 e. The molecular weight excluding hydrogens is 334 g/mol. The predicted molar refractivity (Wildman–Crippen MR) is 99.6 cm³/mol. The molecule has 0 saturated carbocycles. The van der Waals surface area contributed by atoms with Crippen LogP contribution < -0.4 is 4.74 Å². The summed E-state index contributed by atoms with van der Waals surface area (Å²) >= 11 is 0. The molecule has 0 unspecified atom stereocenters. The maximum Gasteiger partial charge on any atom is 0.340 e. The van der Waals surface area contributed by atoms with Gasteiger partial charge in [-0.25, -0.2) is 4.79 Å². The average Bonchev–Trinajstić information content (AvgIpc) is 2.59. The van der Waals surface area contributed by atoms with Crippen molar-refractivity contribution < 1.29 is 24.9 Å². The van der Waals surface area contributed by atoms with Crippen LogP contribution in [0.15, 0.2) is 36.5 Å². The average molecular weight is 355 g/mol. The number of methoxy groups -OCH3 is 1. The Morgan fingerprint density at radius 3 is 2.65 bits per heavy atom. The van der Waals surface area contributed by atoms with Crippen LogP contribution in [0.1, 0.15) is 40.5 Å². The van der Waals surface area contributed by atoms with E-state index in [1.165, 1.54) is 31.5 Å². The minimum absolute atomic E-state index is 0.0325. The van der Waals surface area contributed by atoms with E-state index >= 15 is 0 Å². The molecule has 1 aromatic carbocycles. The minimum Gasteiger partial charge on any atom is -0.507 e. The molecule has 0 spiro atoms. The fourth-order valence-corrected chi connectivity index (χ4v) is 2.53. The Kier molecular flexibility index (Phi) is 6.01. The zero-order chi connectivity index (χ0) is 19.3. The standard InChI is InChI=1S/C20H21NO5/c1-12(2)6-8-14-17(26-3)11-13(18(19(14)23)20(24)25)7-9-15-16(22)5-4-10-21-15/h4-5,7,9-11,22-23H,1,6,8H2,2-3H3,(H,24,25)/b9-7+. The number of hydrogen-bond donors (Lipinski definition) is 3. The van der Waals surface area contributed by atoms with Crippen LogP contribution in [-0.4, -0.2) is 33.4 Å². The number of carboxylic acids is 1. The molecule has 2 aromatic rings. The van der Waals surface area contributed by atoms with Gasteiger partial charge >= 0.3 is 5.97 Å². The molecule has 0 aliphatic heterocycles. The number of ether oxygens (including phenoxy) is 1. The number of hydrogen-bond acceptors (Lipinski definition) is 5. The highest BCUT2D eigenvalue weighted by atomic mass is 16.5. The van der Waals surface area contributed by atoms with Crippen molar-refractivity contribution in [2.24, 2.45) is 0 Å². The van der Waals surface area contributed by atoms with Gasteiger partial charge in [0, 0.05) is 11.8 Å². The second-order valence-corrected chi connectivity index (χ2v) is 5.87. The number of carboxylic acid groups (broad SMARTS) is 1. The SMILES string of the molecule is C=C(C)CCc1c(OC)cc(/C=C/c2ncccc2O)c(C(=O)O)c1O. The Balaban J connectivity index is 2.55. The summed E-state index contributed by atoms with van der Waals surface area (Å²) in [7, 11) is 1.46. The van der Waals surface area contributed by atoms with E-state index in [1.54, 1.807) is 12.1 Å². The summed E-state index contributed by atoms with van der Waals surface area (Å²) in [5, 5.41) is 29.8. The number of benzene rings is 1. The van der Waals surface area contributed by atoms with E-state index in [9.17, 15) is 20.1 Å². The number of aromatic nitrogens is 1. The fourth-order valence-electron chi connectivity index (χ4n) is 2.53. The van der Waals surface area contributed by atoms with Crippen LogP contribution in [0.4, 0.5) is 0 Å². The maximum absolute atomic E-state index is 11.7. The summed E-state index contributed by atoms with van der Waals surface area (Å²) in [6.07, 6.45) is 5.46. The third-order valence-electron chi connectivity index (χ3n) is 3.87. The molecular formula is C20H21NO5. The molecule has 1 heterocycles. The second kappa shape index (κ2) is 8.20. The number of phenols is 1. The van der Waals surface area contributed by atoms with Gasteiger partial charge in [0.15, 0.2) is 0 Å². The van der Waals surface area contributed by atoms with Crippen LogP contribution in [-0.2, 0) is 6.42 Å². The molecule has 1 aromatic heterocycles. The van der Waals surface area contributed by atoms with Gasteiger partial charge in [-0.15, -0.1) is 6.58 Å². The van der Waals surface area contributed by atoms with E-state index in [0.29, 0.717) is 24.2 Å². The Labute approximate surface area is 151 Å². The molecule has 0 aliphatic carbocycles. The molecule has 6 heteroatoms. The summed E-state index contributed by atoms with van der Waals surface area (Å²) in [5.74, 6) is -1.23. The van der Waals surface area contributed by atoms with Gasteiger partial charge in [0.1, 0.15) is 28.5 Å². The highest BCUT2D eigenvalue weighted by molar-refractivity contribution is 5.97. The number of carbonyl (C=O) groups is 1. The van der Waals surface area contributed by atoms with Gasteiger partial charge < -0.3 is 20.1 Å². The Morgan fingerprint density at radius 1 is 1.35 bits per heavy atom. The molecule has 6 nitrogen and oxygen atoms in total. The lowest BCUT2D eigenvalue weighted by molar-refractivity contribution is 0.0693. The van der Waals surface area contributed by atoms with Crippen molar-refractivity contribution in [3.8, 4) is 17.2 Å². The van der Waals surface area contributed by atoms with Gasteiger partial charge in [0.25, 0.3) is 0 Å². The first kappa shape index (κ1) is 19.1. The summed E-state index contributed by atoms with van der Waals surface area (Å²) in [5.41, 5.74) is 1.64. The molecule has 0 aliphatic rings. The lowest BCUT2D eigenvalue weighted by atomic mass is 9.96. The van der Waals surface area contributed by atoms with Crippen LogP contribution in [0.25, 0.3) is 12.2 Å². The van der Waals surface area contributed by atoms with E-state index < -0.39 is 5.97 Å². The van der Waals surface area contributed by atoms with E-state index in [-0.39, 0.29) is 28.3 Å². The molecule has 0 saturated heterocycles. The van der Waals surface area contributed by atoms with Gasteiger partial charge in [0.2, 0.25) is 0 Å². The number of nitrogens with zero attached hydrogens (tertiary/aromatic N) is 1. The molecule has 0 atom stereocenters. The summed E-state index contributed by atoms with van der Waals surface area (Å²) < 4.78 is 5.33. The van der Waals surface area contributed by atoms with Gasteiger partial charge in [-0.05, 0) is 49.6 Å². The summed E-state index contributed by atoms with van der Waals surface area (Å²) in [4.78, 5) is 15.7. The van der Waals surface area contributed by atoms with Crippen LogP contribution in [0, 0.1) is 0 Å². The first-order valence-electron chi connectivity index (χ1n) is 7.97. The number of aromatic hydroxyl groups is 2. The number of allylic oxidation sites excluding steroid dienone is 1. The molecule has 0 bridgehead atoms. The van der Waals surface area contributed by atoms with Crippen molar-refractivity contribution in [1.29, 1.82) is 0 Å². The summed E-state index contributed by atoms with van der Waals surface area (Å²) in [6.45, 7) is 5.68. The van der Waals surface area contributed by atoms with Crippen molar-refractivity contribution in [3.63, 3.8) is 0 Å². The minimum atomic E-state index is -1.26. The molecule has 0 fully saturated rings. The fraction of sp³-hybridized carbons (Fsp3) is 0.200. The number of pyridine rings is 1. The Bertz CT molecular complexity index is 871. The molecule has 0 radical (unpaired) electrons. The van der Waals surface area contributed by atoms with Gasteiger partial charge in [0.05, 0.1) is 7.11 Å².